The van der Waals surface area contributed by atoms with Crippen LogP contribution in [0.2, 0.25) is 0 Å². The molecular weight excluding hydrogens is 358 g/mol. The quantitative estimate of drug-likeness (QED) is 0.274. The smallest absolute Gasteiger partial charge is 0.286 e. The molecule has 1 aromatic carbocycles. The van der Waals surface area contributed by atoms with Crippen molar-refractivity contribution in [2.45, 2.75) is 10.5 Å². The van der Waals surface area contributed by atoms with Gasteiger partial charge in [-0.25, -0.2) is 19.4 Å². The van der Waals surface area contributed by atoms with Crippen molar-refractivity contribution in [1.82, 2.24) is 15.3 Å². The third-order valence-electron chi connectivity index (χ3n) is 3.72. The lowest BCUT2D eigenvalue weighted by atomic mass is 10.0. The predicted octanol–water partition coefficient (Wildman–Crippen LogP) is -1.53. The maximum absolute atomic E-state index is 12.7. The van der Waals surface area contributed by atoms with Crippen LogP contribution < -0.4 is 15.7 Å². The van der Waals surface area contributed by atoms with E-state index in [1.807, 2.05) is 0 Å². The second kappa shape index (κ2) is 7.33. The Kier molecular flexibility index (Phi) is 5.59. The van der Waals surface area contributed by atoms with Gasteiger partial charge in [0.2, 0.25) is 15.6 Å². The van der Waals surface area contributed by atoms with Crippen LogP contribution in [-0.4, -0.2) is 67.4 Å². The van der Waals surface area contributed by atoms with Crippen molar-refractivity contribution in [2.75, 3.05) is 26.8 Å². The Morgan fingerprint density at radius 3 is 2.24 bits per heavy atom. The SMILES string of the molecule is COc1ccc(S(=O)(=O)N2CCOC(C(=O)NO)(C(=O)NO)C2)cc1. The number of methoxy groups -OCH3 is 1. The van der Waals surface area contributed by atoms with E-state index in [0.29, 0.717) is 5.75 Å². The van der Waals surface area contributed by atoms with Gasteiger partial charge in [0.25, 0.3) is 11.8 Å². The Morgan fingerprint density at radius 2 is 1.76 bits per heavy atom. The molecule has 0 saturated carbocycles. The van der Waals surface area contributed by atoms with Crippen LogP contribution in [0.1, 0.15) is 0 Å². The summed E-state index contributed by atoms with van der Waals surface area (Å²) in [5.41, 5.74) is 0.0581. The number of nitrogens with one attached hydrogen (secondary N) is 2. The fourth-order valence-corrected chi connectivity index (χ4v) is 3.80. The number of hydrogen-bond donors (Lipinski definition) is 4. The average molecular weight is 375 g/mol. The largest absolute Gasteiger partial charge is 0.497 e. The molecule has 1 heterocycles. The van der Waals surface area contributed by atoms with E-state index in [9.17, 15) is 18.0 Å². The van der Waals surface area contributed by atoms with Gasteiger partial charge in [-0.3, -0.25) is 20.0 Å². The highest BCUT2D eigenvalue weighted by atomic mass is 32.2. The Labute approximate surface area is 143 Å². The minimum absolute atomic E-state index is 0.0853. The van der Waals surface area contributed by atoms with Crippen LogP contribution >= 0.6 is 0 Å². The summed E-state index contributed by atoms with van der Waals surface area (Å²) < 4.78 is 36.4. The number of rotatable bonds is 5. The second-order valence-corrected chi connectivity index (χ2v) is 7.01. The molecule has 138 valence electrons. The first-order valence-electron chi connectivity index (χ1n) is 6.99. The van der Waals surface area contributed by atoms with Gasteiger partial charge in [-0.15, -0.1) is 0 Å². The molecule has 12 heteroatoms. The molecule has 0 bridgehead atoms. The molecule has 1 aromatic rings. The van der Waals surface area contributed by atoms with E-state index in [-0.39, 0.29) is 18.0 Å². The van der Waals surface area contributed by atoms with E-state index in [1.54, 1.807) is 0 Å². The number of hydrogen-bond acceptors (Lipinski definition) is 8. The summed E-state index contributed by atoms with van der Waals surface area (Å²) in [4.78, 5) is 23.7. The molecule has 0 atom stereocenters. The highest BCUT2D eigenvalue weighted by molar-refractivity contribution is 7.89. The zero-order chi connectivity index (χ0) is 18.7. The number of amides is 2. The molecule has 11 nitrogen and oxygen atoms in total. The van der Waals surface area contributed by atoms with Crippen LogP contribution in [0.3, 0.4) is 0 Å². The van der Waals surface area contributed by atoms with Crippen LogP contribution in [0.25, 0.3) is 0 Å². The third-order valence-corrected chi connectivity index (χ3v) is 5.58. The van der Waals surface area contributed by atoms with Gasteiger partial charge in [0, 0.05) is 6.54 Å². The standard InChI is InChI=1S/C13H17N3O8S/c1-23-9-2-4-10(5-3-9)25(21,22)16-6-7-24-13(8-16,11(17)14-19)12(18)15-20/h2-5,19-20H,6-8H2,1H3,(H,14,17)(H,15,18). The Hall–Kier alpha value is -2.25. The van der Waals surface area contributed by atoms with Gasteiger partial charge < -0.3 is 9.47 Å². The number of ether oxygens (including phenoxy) is 2. The molecule has 1 aliphatic heterocycles. The first-order chi connectivity index (χ1) is 11.8. The molecule has 1 aliphatic rings. The van der Waals surface area contributed by atoms with Crippen molar-refractivity contribution >= 4 is 21.8 Å². The molecule has 0 unspecified atom stereocenters. The van der Waals surface area contributed by atoms with Crippen molar-refractivity contribution < 1.29 is 37.9 Å². The van der Waals surface area contributed by atoms with Gasteiger partial charge >= 0.3 is 0 Å². The van der Waals surface area contributed by atoms with Crippen molar-refractivity contribution in [3.05, 3.63) is 24.3 Å². The lowest BCUT2D eigenvalue weighted by molar-refractivity contribution is -0.178. The average Bonchev–Trinajstić information content (AvgIpc) is 2.66. The van der Waals surface area contributed by atoms with E-state index in [2.05, 4.69) is 0 Å². The van der Waals surface area contributed by atoms with Gasteiger partial charge in [-0.1, -0.05) is 0 Å². The molecule has 0 aromatic heterocycles. The van der Waals surface area contributed by atoms with Crippen molar-refractivity contribution in [3.63, 3.8) is 0 Å². The van der Waals surface area contributed by atoms with Gasteiger partial charge in [0.15, 0.2) is 0 Å². The molecule has 0 radical (unpaired) electrons. The van der Waals surface area contributed by atoms with Crippen LogP contribution in [0.15, 0.2) is 29.2 Å². The lowest BCUT2D eigenvalue weighted by Crippen LogP contribution is -2.67. The first kappa shape index (κ1) is 19.1. The van der Waals surface area contributed by atoms with Crippen molar-refractivity contribution in [1.29, 1.82) is 0 Å². The molecule has 0 aliphatic carbocycles. The number of hydroxylamine groups is 2. The van der Waals surface area contributed by atoms with E-state index < -0.39 is 34.0 Å². The number of benzene rings is 1. The van der Waals surface area contributed by atoms with Crippen molar-refractivity contribution in [2.24, 2.45) is 0 Å². The summed E-state index contributed by atoms with van der Waals surface area (Å²) in [5, 5.41) is 17.7. The zero-order valence-corrected chi connectivity index (χ0v) is 13.9. The molecule has 1 fully saturated rings. The molecule has 1 saturated heterocycles. The predicted molar refractivity (Wildman–Crippen MR) is 80.3 cm³/mol. The van der Waals surface area contributed by atoms with E-state index in [0.717, 1.165) is 4.31 Å². The monoisotopic (exact) mass is 375 g/mol. The molecule has 2 amide bonds. The highest BCUT2D eigenvalue weighted by Gasteiger charge is 2.53. The fourth-order valence-electron chi connectivity index (χ4n) is 2.36. The summed E-state index contributed by atoms with van der Waals surface area (Å²) in [6.45, 7) is -1.18. The van der Waals surface area contributed by atoms with Crippen LogP contribution in [0.4, 0.5) is 0 Å². The molecule has 25 heavy (non-hydrogen) atoms. The second-order valence-electron chi connectivity index (χ2n) is 5.07. The Balaban J connectivity index is 2.37. The number of nitrogens with zero attached hydrogens (tertiary/aromatic N) is 1. The maximum atomic E-state index is 12.7. The molecule has 4 N–H and O–H groups in total. The lowest BCUT2D eigenvalue weighted by Gasteiger charge is -2.38. The zero-order valence-electron chi connectivity index (χ0n) is 13.1. The van der Waals surface area contributed by atoms with Crippen LogP contribution in [-0.2, 0) is 24.3 Å². The molecule has 2 rings (SSSR count). The topological polar surface area (TPSA) is 154 Å². The van der Waals surface area contributed by atoms with Crippen LogP contribution in [0.5, 0.6) is 5.75 Å². The Bertz CT molecular complexity index is 733. The number of sulfonamides is 1. The summed E-state index contributed by atoms with van der Waals surface area (Å²) in [6.07, 6.45) is 0. The van der Waals surface area contributed by atoms with Crippen molar-refractivity contribution in [3.8, 4) is 5.75 Å². The number of carbonyl (C=O) groups is 2. The first-order valence-corrected chi connectivity index (χ1v) is 8.43. The summed E-state index contributed by atoms with van der Waals surface area (Å²) in [6, 6.07) is 5.51. The summed E-state index contributed by atoms with van der Waals surface area (Å²) in [7, 11) is -2.64. The number of morpholine rings is 1. The third kappa shape index (κ3) is 3.43. The van der Waals surface area contributed by atoms with Gasteiger partial charge in [-0.2, -0.15) is 4.31 Å². The van der Waals surface area contributed by atoms with E-state index >= 15 is 0 Å². The minimum Gasteiger partial charge on any atom is -0.497 e. The summed E-state index contributed by atoms with van der Waals surface area (Å²) >= 11 is 0. The maximum Gasteiger partial charge on any atom is 0.286 e. The van der Waals surface area contributed by atoms with Gasteiger partial charge in [0.05, 0.1) is 25.2 Å². The van der Waals surface area contributed by atoms with Gasteiger partial charge in [-0.05, 0) is 24.3 Å². The van der Waals surface area contributed by atoms with Crippen LogP contribution in [0, 0.1) is 0 Å². The molecular formula is C13H17N3O8S. The molecule has 0 spiro atoms. The van der Waals surface area contributed by atoms with E-state index in [4.69, 9.17) is 19.9 Å². The van der Waals surface area contributed by atoms with Gasteiger partial charge in [0.1, 0.15) is 5.75 Å². The Morgan fingerprint density at radius 1 is 1.20 bits per heavy atom. The highest BCUT2D eigenvalue weighted by Crippen LogP contribution is 2.26. The number of carbonyl (C=O) groups excluding carboxylic acids is 2. The van der Waals surface area contributed by atoms with E-state index in [1.165, 1.54) is 42.3 Å². The summed E-state index contributed by atoms with van der Waals surface area (Å²) in [5.74, 6) is -2.17. The fraction of sp³-hybridized carbons (Fsp3) is 0.385. The minimum atomic E-state index is -4.07. The normalized spacial score (nSPS) is 17.6.